The topological polar surface area (TPSA) is 54.6 Å². The van der Waals surface area contributed by atoms with Crippen LogP contribution in [0.3, 0.4) is 0 Å². The number of halogens is 1. The molecule has 0 fully saturated rings. The molecule has 100 valence electrons. The highest BCUT2D eigenvalue weighted by molar-refractivity contribution is 6.30. The van der Waals surface area contributed by atoms with E-state index in [4.69, 9.17) is 16.0 Å². The first-order valence-corrected chi connectivity index (χ1v) is 6.44. The van der Waals surface area contributed by atoms with Gasteiger partial charge in [-0.1, -0.05) is 11.6 Å². The summed E-state index contributed by atoms with van der Waals surface area (Å²) in [5, 5.41) is 4.54. The smallest absolute Gasteiger partial charge is 0.273 e. The van der Waals surface area contributed by atoms with E-state index in [0.29, 0.717) is 22.1 Å². The lowest BCUT2D eigenvalue weighted by Gasteiger charge is -1.97. The standard InChI is InChI=1S/C15H11ClN2O2/c1-9-13(15(19)18-17-9)8-12-6-7-14(20-12)10-2-4-11(16)5-3-10/h2-8H,1H3,(H,18,19)/b13-8+. The van der Waals surface area contributed by atoms with E-state index in [1.165, 1.54) is 0 Å². The number of carbonyl (C=O) groups excluding carboxylic acids is 1. The SMILES string of the molecule is CC1=NNC(=O)/C1=C/c1ccc(-c2ccc(Cl)cc2)o1. The van der Waals surface area contributed by atoms with Crippen molar-refractivity contribution in [1.29, 1.82) is 0 Å². The summed E-state index contributed by atoms with van der Waals surface area (Å²) < 4.78 is 5.71. The fraction of sp³-hybridized carbons (Fsp3) is 0.0667. The lowest BCUT2D eigenvalue weighted by molar-refractivity contribution is -0.116. The monoisotopic (exact) mass is 286 g/mol. The van der Waals surface area contributed by atoms with Gasteiger partial charge in [0.2, 0.25) is 0 Å². The minimum Gasteiger partial charge on any atom is -0.457 e. The summed E-state index contributed by atoms with van der Waals surface area (Å²) in [5.74, 6) is 1.12. The highest BCUT2D eigenvalue weighted by Gasteiger charge is 2.19. The van der Waals surface area contributed by atoms with Crippen molar-refractivity contribution < 1.29 is 9.21 Å². The lowest BCUT2D eigenvalue weighted by atomic mass is 10.1. The van der Waals surface area contributed by atoms with Gasteiger partial charge < -0.3 is 4.42 Å². The number of rotatable bonds is 2. The number of furan rings is 1. The molecule has 0 spiro atoms. The van der Waals surface area contributed by atoms with Gasteiger partial charge in [-0.3, -0.25) is 4.79 Å². The highest BCUT2D eigenvalue weighted by Crippen LogP contribution is 2.25. The Hall–Kier alpha value is -2.33. The highest BCUT2D eigenvalue weighted by atomic mass is 35.5. The van der Waals surface area contributed by atoms with Crippen LogP contribution in [0.2, 0.25) is 5.02 Å². The third kappa shape index (κ3) is 2.38. The summed E-state index contributed by atoms with van der Waals surface area (Å²) in [6.45, 7) is 1.77. The van der Waals surface area contributed by atoms with Crippen molar-refractivity contribution in [2.45, 2.75) is 6.92 Å². The molecule has 5 heteroatoms. The van der Waals surface area contributed by atoms with E-state index in [0.717, 1.165) is 11.3 Å². The Balaban J connectivity index is 1.91. The zero-order valence-corrected chi connectivity index (χ0v) is 11.4. The number of nitrogens with one attached hydrogen (secondary N) is 1. The Morgan fingerprint density at radius 2 is 1.95 bits per heavy atom. The van der Waals surface area contributed by atoms with Crippen LogP contribution in [-0.2, 0) is 4.79 Å². The second kappa shape index (κ2) is 4.98. The number of hydrogen-bond acceptors (Lipinski definition) is 3. The van der Waals surface area contributed by atoms with Crippen LogP contribution in [0.15, 0.2) is 51.5 Å². The third-order valence-corrected chi connectivity index (χ3v) is 3.25. The summed E-state index contributed by atoms with van der Waals surface area (Å²) >= 11 is 5.85. The van der Waals surface area contributed by atoms with Crippen molar-refractivity contribution in [3.63, 3.8) is 0 Å². The molecular formula is C15H11ClN2O2. The lowest BCUT2D eigenvalue weighted by Crippen LogP contribution is -2.12. The maximum atomic E-state index is 11.6. The van der Waals surface area contributed by atoms with E-state index < -0.39 is 0 Å². The van der Waals surface area contributed by atoms with Crippen molar-refractivity contribution in [3.8, 4) is 11.3 Å². The molecule has 1 aromatic carbocycles. The summed E-state index contributed by atoms with van der Waals surface area (Å²) in [6.07, 6.45) is 1.68. The molecule has 0 atom stereocenters. The predicted octanol–water partition coefficient (Wildman–Crippen LogP) is 3.49. The summed E-state index contributed by atoms with van der Waals surface area (Å²) in [5.41, 5.74) is 4.51. The number of amides is 1. The Labute approximate surface area is 120 Å². The van der Waals surface area contributed by atoms with Crippen LogP contribution >= 0.6 is 11.6 Å². The van der Waals surface area contributed by atoms with Crippen LogP contribution in [0, 0.1) is 0 Å². The fourth-order valence-corrected chi connectivity index (χ4v) is 2.06. The Morgan fingerprint density at radius 3 is 2.60 bits per heavy atom. The Kier molecular flexibility index (Phi) is 3.16. The number of carbonyl (C=O) groups is 1. The van der Waals surface area contributed by atoms with Crippen molar-refractivity contribution in [3.05, 3.63) is 52.8 Å². The van der Waals surface area contributed by atoms with Gasteiger partial charge in [-0.2, -0.15) is 5.10 Å². The number of benzene rings is 1. The molecule has 0 radical (unpaired) electrons. The minimum atomic E-state index is -0.216. The van der Waals surface area contributed by atoms with Crippen molar-refractivity contribution >= 4 is 29.3 Å². The van der Waals surface area contributed by atoms with Gasteiger partial charge in [0.25, 0.3) is 5.91 Å². The van der Waals surface area contributed by atoms with Crippen molar-refractivity contribution in [1.82, 2.24) is 5.43 Å². The molecule has 1 aliphatic rings. The quantitative estimate of drug-likeness (QED) is 0.859. The second-order valence-electron chi connectivity index (χ2n) is 4.41. The molecule has 1 amide bonds. The van der Waals surface area contributed by atoms with Crippen LogP contribution in [0.25, 0.3) is 17.4 Å². The second-order valence-corrected chi connectivity index (χ2v) is 4.84. The van der Waals surface area contributed by atoms with Gasteiger partial charge in [-0.15, -0.1) is 0 Å². The van der Waals surface area contributed by atoms with E-state index in [2.05, 4.69) is 10.5 Å². The number of hydrazone groups is 1. The third-order valence-electron chi connectivity index (χ3n) is 3.00. The molecule has 4 nitrogen and oxygen atoms in total. The van der Waals surface area contributed by atoms with Crippen LogP contribution in [0.4, 0.5) is 0 Å². The first-order valence-electron chi connectivity index (χ1n) is 6.06. The van der Waals surface area contributed by atoms with E-state index in [-0.39, 0.29) is 5.91 Å². The largest absolute Gasteiger partial charge is 0.457 e. The molecule has 1 aliphatic heterocycles. The van der Waals surface area contributed by atoms with Crippen LogP contribution in [0.5, 0.6) is 0 Å². The molecule has 2 aromatic rings. The van der Waals surface area contributed by atoms with E-state index >= 15 is 0 Å². The first-order chi connectivity index (χ1) is 9.63. The van der Waals surface area contributed by atoms with Gasteiger partial charge in [0.1, 0.15) is 11.5 Å². The molecule has 0 saturated heterocycles. The predicted molar refractivity (Wildman–Crippen MR) is 78.4 cm³/mol. The van der Waals surface area contributed by atoms with Crippen LogP contribution in [0.1, 0.15) is 12.7 Å². The van der Waals surface area contributed by atoms with Gasteiger partial charge in [0.15, 0.2) is 0 Å². The summed E-state index contributed by atoms with van der Waals surface area (Å²) in [4.78, 5) is 11.6. The van der Waals surface area contributed by atoms with Crippen molar-refractivity contribution in [2.75, 3.05) is 0 Å². The zero-order chi connectivity index (χ0) is 14.1. The van der Waals surface area contributed by atoms with Crippen molar-refractivity contribution in [2.24, 2.45) is 5.10 Å². The summed E-state index contributed by atoms with van der Waals surface area (Å²) in [7, 11) is 0. The van der Waals surface area contributed by atoms with Gasteiger partial charge in [0, 0.05) is 10.6 Å². The van der Waals surface area contributed by atoms with Crippen LogP contribution in [-0.4, -0.2) is 11.6 Å². The Bertz CT molecular complexity index is 727. The normalized spacial score (nSPS) is 16.4. The fourth-order valence-electron chi connectivity index (χ4n) is 1.93. The van der Waals surface area contributed by atoms with E-state index in [9.17, 15) is 4.79 Å². The molecular weight excluding hydrogens is 276 g/mol. The van der Waals surface area contributed by atoms with E-state index in [1.807, 2.05) is 24.3 Å². The number of hydrogen-bond donors (Lipinski definition) is 1. The maximum Gasteiger partial charge on any atom is 0.273 e. The molecule has 3 rings (SSSR count). The maximum absolute atomic E-state index is 11.6. The zero-order valence-electron chi connectivity index (χ0n) is 10.7. The molecule has 0 bridgehead atoms. The van der Waals surface area contributed by atoms with E-state index in [1.54, 1.807) is 25.1 Å². The van der Waals surface area contributed by atoms with Gasteiger partial charge in [-0.25, -0.2) is 5.43 Å². The van der Waals surface area contributed by atoms with Gasteiger partial charge >= 0.3 is 0 Å². The average molecular weight is 287 g/mol. The summed E-state index contributed by atoms with van der Waals surface area (Å²) in [6, 6.07) is 11.0. The number of nitrogens with zero attached hydrogens (tertiary/aromatic N) is 1. The molecule has 20 heavy (non-hydrogen) atoms. The van der Waals surface area contributed by atoms with Gasteiger partial charge in [-0.05, 0) is 49.4 Å². The van der Waals surface area contributed by atoms with Gasteiger partial charge in [0.05, 0.1) is 11.3 Å². The Morgan fingerprint density at radius 1 is 1.20 bits per heavy atom. The molecule has 0 unspecified atom stereocenters. The molecule has 1 N–H and O–H groups in total. The average Bonchev–Trinajstić information content (AvgIpc) is 3.02. The molecule has 2 heterocycles. The first kappa shape index (κ1) is 12.7. The molecule has 1 aromatic heterocycles. The molecule has 0 saturated carbocycles. The minimum absolute atomic E-state index is 0.216. The van der Waals surface area contributed by atoms with Crippen LogP contribution < -0.4 is 5.43 Å². The molecule has 0 aliphatic carbocycles.